The van der Waals surface area contributed by atoms with Crippen LogP contribution < -0.4 is 4.74 Å². The molecule has 0 N–H and O–H groups in total. The maximum Gasteiger partial charge on any atom is 0.265 e. The molecule has 0 spiro atoms. The summed E-state index contributed by atoms with van der Waals surface area (Å²) >= 11 is 0. The van der Waals surface area contributed by atoms with Crippen LogP contribution in [0.5, 0.6) is 5.88 Å². The van der Waals surface area contributed by atoms with Gasteiger partial charge in [-0.1, -0.05) is 57.2 Å². The highest BCUT2D eigenvalue weighted by Gasteiger charge is 2.65. The molecule has 0 amide bonds. The molecular weight excluding hydrogens is 472 g/mol. The monoisotopic (exact) mass is 508 g/mol. The van der Waals surface area contributed by atoms with Gasteiger partial charge in [0, 0.05) is 5.92 Å². The molecule has 0 radical (unpaired) electrons. The third kappa shape index (κ3) is 3.99. The molecule has 1 aromatic heterocycles. The van der Waals surface area contributed by atoms with E-state index < -0.39 is 13.9 Å². The predicted molar refractivity (Wildman–Crippen MR) is 138 cm³/mol. The molecule has 0 saturated carbocycles. The summed E-state index contributed by atoms with van der Waals surface area (Å²) in [4.78, 5) is 30.6. The van der Waals surface area contributed by atoms with E-state index in [1.54, 1.807) is 0 Å². The Labute approximate surface area is 213 Å². The number of carbonyl (C=O) groups excluding carboxylic acids is 2. The van der Waals surface area contributed by atoms with Crippen molar-refractivity contribution in [2.45, 2.75) is 76.4 Å². The summed E-state index contributed by atoms with van der Waals surface area (Å²) in [6.45, 7) is 12.6. The number of fused-ring (bicyclic) bond motifs is 2. The van der Waals surface area contributed by atoms with Crippen molar-refractivity contribution in [1.82, 2.24) is 10.1 Å². The van der Waals surface area contributed by atoms with Crippen molar-refractivity contribution in [2.24, 2.45) is 5.92 Å². The fourth-order valence-corrected chi connectivity index (χ4v) is 6.94. The minimum absolute atomic E-state index is 0.141. The molecule has 1 fully saturated rings. The van der Waals surface area contributed by atoms with Crippen LogP contribution >= 0.6 is 0 Å². The third-order valence-corrected chi connectivity index (χ3v) is 12.9. The first-order chi connectivity index (χ1) is 17.1. The van der Waals surface area contributed by atoms with Gasteiger partial charge in [-0.25, -0.2) is 0 Å². The number of aromatic nitrogens is 1. The van der Waals surface area contributed by atoms with Crippen molar-refractivity contribution in [3.63, 3.8) is 0 Å². The van der Waals surface area contributed by atoms with Crippen LogP contribution in [0.2, 0.25) is 18.1 Å². The van der Waals surface area contributed by atoms with Gasteiger partial charge in [0.05, 0.1) is 6.04 Å². The Bertz CT molecular complexity index is 1180. The normalized spacial score (nSPS) is 26.7. The Kier molecular flexibility index (Phi) is 6.33. The lowest BCUT2D eigenvalue weighted by Gasteiger charge is -2.52. The number of ether oxygens (including phenoxy) is 1. The lowest BCUT2D eigenvalue weighted by molar-refractivity contribution is -0.135. The standard InChI is InChI=1S/C28H36N2O5Si/c1-27(2,3)36(4,5)35-28-20(14-11-15-21(28)31)23(30-16-9-10-17-30)24-22(25(28)32)26(29-34-24)33-18-19-12-7-6-8-13-19/h6-8,11-13,15,20,23H,9-10,14,16-18H2,1-5H3/t20?,23-,28-/m0/s1. The summed E-state index contributed by atoms with van der Waals surface area (Å²) < 4.78 is 18.9. The first-order valence-electron chi connectivity index (χ1n) is 12.9. The molecule has 7 nitrogen and oxygen atoms in total. The highest BCUT2D eigenvalue weighted by atomic mass is 28.4. The Morgan fingerprint density at radius 1 is 1.14 bits per heavy atom. The highest BCUT2D eigenvalue weighted by Crippen LogP contribution is 2.54. The van der Waals surface area contributed by atoms with Gasteiger partial charge in [-0.05, 0) is 67.3 Å². The highest BCUT2D eigenvalue weighted by molar-refractivity contribution is 6.74. The molecule has 0 bridgehead atoms. The van der Waals surface area contributed by atoms with E-state index in [1.807, 2.05) is 36.4 Å². The van der Waals surface area contributed by atoms with Gasteiger partial charge >= 0.3 is 0 Å². The van der Waals surface area contributed by atoms with Gasteiger partial charge in [0.15, 0.2) is 25.5 Å². The third-order valence-electron chi connectivity index (χ3n) is 8.42. The van der Waals surface area contributed by atoms with Gasteiger partial charge in [-0.3, -0.25) is 14.5 Å². The number of hydrogen-bond acceptors (Lipinski definition) is 7. The molecule has 2 aliphatic carbocycles. The number of nitrogens with zero attached hydrogens (tertiary/aromatic N) is 2. The molecule has 1 unspecified atom stereocenters. The van der Waals surface area contributed by atoms with Crippen LogP contribution in [-0.4, -0.2) is 48.6 Å². The van der Waals surface area contributed by atoms with Gasteiger partial charge in [0.25, 0.3) is 5.88 Å². The molecule has 2 heterocycles. The molecule has 8 heteroatoms. The fourth-order valence-electron chi connectivity index (χ4n) is 5.48. The summed E-state index contributed by atoms with van der Waals surface area (Å²) in [5.41, 5.74) is -0.383. The van der Waals surface area contributed by atoms with E-state index in [0.29, 0.717) is 12.2 Å². The van der Waals surface area contributed by atoms with E-state index in [9.17, 15) is 9.59 Å². The molecule has 36 heavy (non-hydrogen) atoms. The number of hydrogen-bond donors (Lipinski definition) is 0. The quantitative estimate of drug-likeness (QED) is 0.377. The molecule has 192 valence electrons. The molecule has 1 aromatic carbocycles. The van der Waals surface area contributed by atoms with Gasteiger partial charge < -0.3 is 13.7 Å². The van der Waals surface area contributed by atoms with Crippen LogP contribution in [0.3, 0.4) is 0 Å². The van der Waals surface area contributed by atoms with Gasteiger partial charge in [0.2, 0.25) is 5.78 Å². The second-order valence-electron chi connectivity index (χ2n) is 11.7. The maximum atomic E-state index is 14.5. The van der Waals surface area contributed by atoms with Crippen LogP contribution in [0.25, 0.3) is 0 Å². The molecular formula is C28H36N2O5Si. The minimum Gasteiger partial charge on any atom is -0.470 e. The molecule has 5 rings (SSSR count). The van der Waals surface area contributed by atoms with Crippen LogP contribution in [0, 0.1) is 5.92 Å². The smallest absolute Gasteiger partial charge is 0.265 e. The van der Waals surface area contributed by atoms with Crippen molar-refractivity contribution < 1.29 is 23.3 Å². The van der Waals surface area contributed by atoms with Crippen LogP contribution in [0.15, 0.2) is 47.0 Å². The van der Waals surface area contributed by atoms with Crippen LogP contribution in [0.4, 0.5) is 0 Å². The fraction of sp³-hybridized carbons (Fsp3) is 0.536. The first-order valence-corrected chi connectivity index (χ1v) is 15.8. The summed E-state index contributed by atoms with van der Waals surface area (Å²) in [6, 6.07) is 9.44. The van der Waals surface area contributed by atoms with E-state index in [2.05, 4.69) is 43.9 Å². The van der Waals surface area contributed by atoms with Gasteiger partial charge in [-0.2, -0.15) is 0 Å². The minimum atomic E-state index is -2.54. The number of carbonyl (C=O) groups is 2. The summed E-state index contributed by atoms with van der Waals surface area (Å²) in [5.74, 6) is -0.383. The zero-order valence-electron chi connectivity index (χ0n) is 21.9. The summed E-state index contributed by atoms with van der Waals surface area (Å²) in [5, 5.41) is 4.04. The van der Waals surface area contributed by atoms with Crippen molar-refractivity contribution in [2.75, 3.05) is 13.1 Å². The van der Waals surface area contributed by atoms with Gasteiger partial charge in [-0.15, -0.1) is 0 Å². The number of Topliss-reactive ketones (excluding diaryl/α,β-unsaturated/α-hetero) is 1. The maximum absolute atomic E-state index is 14.5. The summed E-state index contributed by atoms with van der Waals surface area (Å²) in [6.07, 6.45) is 6.11. The van der Waals surface area contributed by atoms with E-state index in [0.717, 1.165) is 31.5 Å². The molecule has 2 aromatic rings. The second kappa shape index (κ2) is 9.08. The number of ketones is 2. The average Bonchev–Trinajstić information content (AvgIpc) is 3.50. The van der Waals surface area contributed by atoms with E-state index in [4.69, 9.17) is 13.7 Å². The van der Waals surface area contributed by atoms with Crippen molar-refractivity contribution >= 4 is 19.9 Å². The molecule has 1 aliphatic heterocycles. The van der Waals surface area contributed by atoms with Crippen molar-refractivity contribution in [3.05, 3.63) is 59.4 Å². The molecule has 1 saturated heterocycles. The Morgan fingerprint density at radius 3 is 2.50 bits per heavy atom. The number of rotatable bonds is 6. The number of allylic oxidation sites excluding steroid dienone is 1. The zero-order valence-corrected chi connectivity index (χ0v) is 22.9. The van der Waals surface area contributed by atoms with Gasteiger partial charge in [0.1, 0.15) is 12.2 Å². The van der Waals surface area contributed by atoms with E-state index in [1.165, 1.54) is 6.08 Å². The molecule has 3 aliphatic rings. The second-order valence-corrected chi connectivity index (χ2v) is 16.4. The topological polar surface area (TPSA) is 81.9 Å². The number of benzene rings is 1. The predicted octanol–water partition coefficient (Wildman–Crippen LogP) is 5.49. The Balaban J connectivity index is 1.63. The SMILES string of the molecule is CC(C)(C)[Si](C)(C)O[C@]12C(=O)C=CCC1[C@H](N1CCCC1)c1onc(OCc3ccccc3)c1C2=O. The summed E-state index contributed by atoms with van der Waals surface area (Å²) in [7, 11) is -2.54. The average molecular weight is 509 g/mol. The Morgan fingerprint density at radius 2 is 1.83 bits per heavy atom. The van der Waals surface area contributed by atoms with Crippen molar-refractivity contribution in [3.8, 4) is 5.88 Å². The van der Waals surface area contributed by atoms with Crippen molar-refractivity contribution in [1.29, 1.82) is 0 Å². The molecule has 3 atom stereocenters. The van der Waals surface area contributed by atoms with E-state index >= 15 is 0 Å². The van der Waals surface area contributed by atoms with Crippen LogP contribution in [-0.2, 0) is 15.8 Å². The Hall–Kier alpha value is -2.55. The lowest BCUT2D eigenvalue weighted by atomic mass is 9.65. The number of likely N-dealkylation sites (tertiary alicyclic amines) is 1. The van der Waals surface area contributed by atoms with E-state index in [-0.39, 0.29) is 46.6 Å². The largest absolute Gasteiger partial charge is 0.470 e. The first kappa shape index (κ1) is 25.1. The lowest BCUT2D eigenvalue weighted by Crippen LogP contribution is -2.66. The zero-order chi connectivity index (χ0) is 25.7. The van der Waals surface area contributed by atoms with Crippen LogP contribution in [0.1, 0.15) is 67.8 Å².